The quantitative estimate of drug-likeness (QED) is 0.471. The maximum Gasteiger partial charge on any atom is 0.339 e. The fraction of sp³-hybridized carbons (Fsp3) is 0.308. The molecule has 0 aliphatic carbocycles. The highest BCUT2D eigenvalue weighted by Gasteiger charge is 2.18. The lowest BCUT2D eigenvalue weighted by Gasteiger charge is -2.08. The number of pyridine rings is 1. The van der Waals surface area contributed by atoms with Crippen LogP contribution >= 0.6 is 11.8 Å². The van der Waals surface area contributed by atoms with E-state index >= 15 is 0 Å². The number of thioether (sulfide) groups is 1. The fourth-order valence-corrected chi connectivity index (χ4v) is 2.07. The second kappa shape index (κ2) is 6.68. The number of hydrogen-bond acceptors (Lipinski definition) is 5. The number of nitrogens with zero attached hydrogens (tertiary/aromatic N) is 2. The van der Waals surface area contributed by atoms with E-state index in [2.05, 4.69) is 10.9 Å². The molecule has 0 fully saturated rings. The third-order valence-corrected chi connectivity index (χ3v) is 2.89. The first kappa shape index (κ1) is 14.1. The molecule has 4 nitrogen and oxygen atoms in total. The minimum Gasteiger partial charge on any atom is -0.462 e. The van der Waals surface area contributed by atoms with Gasteiger partial charge in [0.05, 0.1) is 23.5 Å². The zero-order chi connectivity index (χ0) is 13.5. The lowest BCUT2D eigenvalue weighted by Crippen LogP contribution is -2.09. The van der Waals surface area contributed by atoms with Crippen LogP contribution in [0.2, 0.25) is 0 Å². The Labute approximate surface area is 110 Å². The molecule has 0 saturated heterocycles. The predicted molar refractivity (Wildman–Crippen MR) is 69.2 cm³/mol. The molecule has 92 valence electrons. The summed E-state index contributed by atoms with van der Waals surface area (Å²) in [6, 6.07) is 3.54. The second-order valence-electron chi connectivity index (χ2n) is 3.32. The van der Waals surface area contributed by atoms with Gasteiger partial charge >= 0.3 is 5.97 Å². The van der Waals surface area contributed by atoms with E-state index in [1.54, 1.807) is 19.9 Å². The largest absolute Gasteiger partial charge is 0.462 e. The summed E-state index contributed by atoms with van der Waals surface area (Å²) in [5, 5.41) is 9.61. The van der Waals surface area contributed by atoms with Crippen LogP contribution in [0.15, 0.2) is 11.1 Å². The van der Waals surface area contributed by atoms with Crippen molar-refractivity contribution in [3.05, 3.63) is 22.9 Å². The standard InChI is InChI=1S/C13H12N2O2S/c1-4-6-18-12-11(8-14)10(7-9(3)15-12)13(16)17-5-2/h1,7H,5-6H2,2-3H3. The fourth-order valence-electron chi connectivity index (χ4n) is 1.34. The topological polar surface area (TPSA) is 63.0 Å². The van der Waals surface area contributed by atoms with E-state index in [0.29, 0.717) is 16.5 Å². The molecule has 18 heavy (non-hydrogen) atoms. The minimum absolute atomic E-state index is 0.222. The molecule has 0 atom stereocenters. The average Bonchev–Trinajstić information content (AvgIpc) is 2.35. The first-order valence-corrected chi connectivity index (χ1v) is 6.27. The lowest BCUT2D eigenvalue weighted by atomic mass is 10.1. The SMILES string of the molecule is C#CCSc1nc(C)cc(C(=O)OCC)c1C#N. The zero-order valence-corrected chi connectivity index (χ0v) is 11.0. The molecule has 0 radical (unpaired) electrons. The van der Waals surface area contributed by atoms with Gasteiger partial charge in [0.15, 0.2) is 0 Å². The maximum absolute atomic E-state index is 11.8. The number of carbonyl (C=O) groups is 1. The van der Waals surface area contributed by atoms with Crippen molar-refractivity contribution in [2.45, 2.75) is 18.9 Å². The summed E-state index contributed by atoms with van der Waals surface area (Å²) < 4.78 is 4.92. The Morgan fingerprint density at radius 1 is 1.67 bits per heavy atom. The van der Waals surface area contributed by atoms with Crippen LogP contribution in [0.25, 0.3) is 0 Å². The van der Waals surface area contributed by atoms with Gasteiger partial charge in [0.2, 0.25) is 0 Å². The van der Waals surface area contributed by atoms with Crippen molar-refractivity contribution in [3.63, 3.8) is 0 Å². The summed E-state index contributed by atoms with van der Waals surface area (Å²) in [6.45, 7) is 3.73. The predicted octanol–water partition coefficient (Wildman–Crippen LogP) is 2.16. The number of carbonyl (C=O) groups excluding carboxylic acids is 1. The molecule has 1 aromatic heterocycles. The molecule has 5 heteroatoms. The molecular weight excluding hydrogens is 248 g/mol. The van der Waals surface area contributed by atoms with Gasteiger partial charge in [0, 0.05) is 5.69 Å². The van der Waals surface area contributed by atoms with Crippen molar-refractivity contribution in [3.8, 4) is 18.4 Å². The normalized spacial score (nSPS) is 9.33. The molecule has 0 spiro atoms. The Hall–Kier alpha value is -1.98. The number of aromatic nitrogens is 1. The number of esters is 1. The molecule has 1 heterocycles. The highest BCUT2D eigenvalue weighted by Crippen LogP contribution is 2.24. The van der Waals surface area contributed by atoms with E-state index in [1.807, 2.05) is 6.07 Å². The maximum atomic E-state index is 11.8. The van der Waals surface area contributed by atoms with Crippen molar-refractivity contribution >= 4 is 17.7 Å². The Balaban J connectivity index is 3.26. The molecule has 0 amide bonds. The Morgan fingerprint density at radius 3 is 2.94 bits per heavy atom. The molecule has 0 unspecified atom stereocenters. The zero-order valence-electron chi connectivity index (χ0n) is 10.2. The molecule has 0 aromatic carbocycles. The first-order chi connectivity index (χ1) is 8.63. The first-order valence-electron chi connectivity index (χ1n) is 5.29. The highest BCUT2D eigenvalue weighted by molar-refractivity contribution is 7.99. The van der Waals surface area contributed by atoms with Crippen LogP contribution in [-0.4, -0.2) is 23.3 Å². The minimum atomic E-state index is -0.512. The van der Waals surface area contributed by atoms with Crippen LogP contribution in [0.5, 0.6) is 0 Å². The smallest absolute Gasteiger partial charge is 0.339 e. The number of terminal acetylenes is 1. The van der Waals surface area contributed by atoms with E-state index in [0.717, 1.165) is 0 Å². The molecule has 0 bridgehead atoms. The van der Waals surface area contributed by atoms with E-state index < -0.39 is 5.97 Å². The van der Waals surface area contributed by atoms with Crippen molar-refractivity contribution in [2.75, 3.05) is 12.4 Å². The molecule has 0 saturated carbocycles. The number of nitriles is 1. The number of aryl methyl sites for hydroxylation is 1. The van der Waals surface area contributed by atoms with E-state index in [1.165, 1.54) is 11.8 Å². The van der Waals surface area contributed by atoms with Gasteiger partial charge < -0.3 is 4.74 Å². The van der Waals surface area contributed by atoms with Crippen LogP contribution in [0.1, 0.15) is 28.5 Å². The van der Waals surface area contributed by atoms with E-state index in [9.17, 15) is 4.79 Å². The molecule has 1 aromatic rings. The third kappa shape index (κ3) is 3.26. The molecule has 0 aliphatic heterocycles. The van der Waals surface area contributed by atoms with Crippen LogP contribution in [0, 0.1) is 30.6 Å². The van der Waals surface area contributed by atoms with Crippen LogP contribution in [0.4, 0.5) is 0 Å². The Morgan fingerprint density at radius 2 is 2.39 bits per heavy atom. The van der Waals surface area contributed by atoms with Gasteiger partial charge in [-0.25, -0.2) is 9.78 Å². The number of hydrogen-bond donors (Lipinski definition) is 0. The van der Waals surface area contributed by atoms with Gasteiger partial charge in [0.25, 0.3) is 0 Å². The summed E-state index contributed by atoms with van der Waals surface area (Å²) in [6.07, 6.45) is 5.18. The van der Waals surface area contributed by atoms with Crippen LogP contribution in [-0.2, 0) is 4.74 Å². The number of rotatable bonds is 4. The highest BCUT2D eigenvalue weighted by atomic mass is 32.2. The van der Waals surface area contributed by atoms with Gasteiger partial charge in [-0.05, 0) is 19.9 Å². The monoisotopic (exact) mass is 260 g/mol. The lowest BCUT2D eigenvalue weighted by molar-refractivity contribution is 0.0525. The van der Waals surface area contributed by atoms with Gasteiger partial charge in [-0.2, -0.15) is 5.26 Å². The number of ether oxygens (including phenoxy) is 1. The van der Waals surface area contributed by atoms with Crippen molar-refractivity contribution in [1.82, 2.24) is 4.98 Å². The van der Waals surface area contributed by atoms with Crippen LogP contribution in [0.3, 0.4) is 0 Å². The summed E-state index contributed by atoms with van der Waals surface area (Å²) in [7, 11) is 0. The summed E-state index contributed by atoms with van der Waals surface area (Å²) in [5.41, 5.74) is 1.11. The van der Waals surface area contributed by atoms with E-state index in [-0.39, 0.29) is 17.7 Å². The van der Waals surface area contributed by atoms with Gasteiger partial charge in [-0.1, -0.05) is 17.7 Å². The summed E-state index contributed by atoms with van der Waals surface area (Å²) >= 11 is 1.26. The van der Waals surface area contributed by atoms with Gasteiger partial charge in [-0.3, -0.25) is 0 Å². The Kier molecular flexibility index (Phi) is 5.23. The molecule has 0 aliphatic rings. The van der Waals surface area contributed by atoms with Crippen molar-refractivity contribution in [2.24, 2.45) is 0 Å². The second-order valence-corrected chi connectivity index (χ2v) is 4.28. The third-order valence-electron chi connectivity index (χ3n) is 2.01. The Bertz CT molecular complexity index is 541. The van der Waals surface area contributed by atoms with Gasteiger partial charge in [0.1, 0.15) is 11.1 Å². The van der Waals surface area contributed by atoms with Crippen molar-refractivity contribution < 1.29 is 9.53 Å². The molecular formula is C13H12N2O2S. The van der Waals surface area contributed by atoms with Crippen molar-refractivity contribution in [1.29, 1.82) is 5.26 Å². The summed E-state index contributed by atoms with van der Waals surface area (Å²) in [5.74, 6) is 2.34. The van der Waals surface area contributed by atoms with Gasteiger partial charge in [-0.15, -0.1) is 6.42 Å². The van der Waals surface area contributed by atoms with Crippen LogP contribution < -0.4 is 0 Å². The average molecular weight is 260 g/mol. The molecule has 0 N–H and O–H groups in total. The van der Waals surface area contributed by atoms with E-state index in [4.69, 9.17) is 16.4 Å². The molecule has 1 rings (SSSR count). The summed E-state index contributed by atoms with van der Waals surface area (Å²) in [4.78, 5) is 16.0.